The van der Waals surface area contributed by atoms with Gasteiger partial charge in [0.2, 0.25) is 5.91 Å². The van der Waals surface area contributed by atoms with E-state index in [1.165, 1.54) is 25.7 Å². The van der Waals surface area contributed by atoms with Crippen LogP contribution in [-0.2, 0) is 4.79 Å². The van der Waals surface area contributed by atoms with Crippen LogP contribution in [0.2, 0.25) is 0 Å². The number of rotatable bonds is 4. The molecule has 94 valence electrons. The zero-order chi connectivity index (χ0) is 12.1. The summed E-state index contributed by atoms with van der Waals surface area (Å²) < 4.78 is 0. The lowest BCUT2D eigenvalue weighted by molar-refractivity contribution is -0.123. The van der Waals surface area contributed by atoms with Gasteiger partial charge < -0.3 is 5.32 Å². The molecule has 0 spiro atoms. The Hall–Kier alpha value is -0.530. The van der Waals surface area contributed by atoms with E-state index in [9.17, 15) is 4.79 Å². The summed E-state index contributed by atoms with van der Waals surface area (Å²) in [5, 5.41) is 3.22. The van der Waals surface area contributed by atoms with E-state index < -0.39 is 0 Å². The van der Waals surface area contributed by atoms with Crippen molar-refractivity contribution >= 4 is 5.91 Å². The molecule has 0 aliphatic heterocycles. The lowest BCUT2D eigenvalue weighted by Crippen LogP contribution is -2.41. The molecule has 1 N–H and O–H groups in total. The predicted molar refractivity (Wildman–Crippen MR) is 68.2 cm³/mol. The average molecular weight is 225 g/mol. The van der Waals surface area contributed by atoms with E-state index >= 15 is 0 Å². The molecule has 0 heterocycles. The van der Waals surface area contributed by atoms with Gasteiger partial charge >= 0.3 is 0 Å². The fourth-order valence-electron chi connectivity index (χ4n) is 2.32. The largest absolute Gasteiger partial charge is 0.353 e. The number of hydrogen-bond acceptors (Lipinski definition) is 1. The third-order valence-corrected chi connectivity index (χ3v) is 4.10. The van der Waals surface area contributed by atoms with Crippen LogP contribution in [0, 0.1) is 17.8 Å². The maximum atomic E-state index is 11.9. The maximum absolute atomic E-state index is 11.9. The maximum Gasteiger partial charge on any atom is 0.220 e. The topological polar surface area (TPSA) is 29.1 Å². The van der Waals surface area contributed by atoms with Gasteiger partial charge in [-0.15, -0.1) is 0 Å². The second-order valence-corrected chi connectivity index (χ2v) is 5.86. The molecular weight excluding hydrogens is 198 g/mol. The van der Waals surface area contributed by atoms with Gasteiger partial charge in [0.25, 0.3) is 0 Å². The minimum Gasteiger partial charge on any atom is -0.353 e. The summed E-state index contributed by atoms with van der Waals surface area (Å²) in [5.41, 5.74) is 0. The van der Waals surface area contributed by atoms with Crippen molar-refractivity contribution < 1.29 is 4.79 Å². The molecule has 0 bridgehead atoms. The first kappa shape index (κ1) is 13.5. The van der Waals surface area contributed by atoms with E-state index in [0.717, 1.165) is 0 Å². The Morgan fingerprint density at radius 3 is 2.44 bits per heavy atom. The summed E-state index contributed by atoms with van der Waals surface area (Å²) in [6, 6.07) is 0.431. The van der Waals surface area contributed by atoms with Crippen molar-refractivity contribution in [3.05, 3.63) is 0 Å². The average Bonchev–Trinajstić information content (AvgIpc) is 2.21. The van der Waals surface area contributed by atoms with E-state index in [2.05, 4.69) is 33.0 Å². The Balaban J connectivity index is 2.32. The lowest BCUT2D eigenvalue weighted by Gasteiger charge is -2.30. The zero-order valence-corrected chi connectivity index (χ0v) is 11.3. The van der Waals surface area contributed by atoms with Crippen molar-refractivity contribution in [1.29, 1.82) is 0 Å². The Labute approximate surface area is 100 Å². The molecule has 0 aromatic carbocycles. The van der Waals surface area contributed by atoms with Gasteiger partial charge in [-0.2, -0.15) is 0 Å². The summed E-state index contributed by atoms with van der Waals surface area (Å²) in [5.74, 6) is 1.99. The Morgan fingerprint density at radius 2 is 1.88 bits per heavy atom. The van der Waals surface area contributed by atoms with Crippen LogP contribution in [-0.4, -0.2) is 11.9 Å². The molecule has 1 amide bonds. The van der Waals surface area contributed by atoms with Gasteiger partial charge in [-0.3, -0.25) is 4.79 Å². The lowest BCUT2D eigenvalue weighted by atomic mass is 9.85. The fourth-order valence-corrected chi connectivity index (χ4v) is 2.32. The van der Waals surface area contributed by atoms with Gasteiger partial charge in [0.1, 0.15) is 0 Å². The molecule has 1 aliphatic carbocycles. The highest BCUT2D eigenvalue weighted by molar-refractivity contribution is 5.76. The first-order valence-electron chi connectivity index (χ1n) is 6.80. The summed E-state index contributed by atoms with van der Waals surface area (Å²) in [4.78, 5) is 11.9. The van der Waals surface area contributed by atoms with Gasteiger partial charge in [-0.1, -0.05) is 40.5 Å². The molecule has 1 rings (SSSR count). The number of carbonyl (C=O) groups excluding carboxylic acids is 1. The quantitative estimate of drug-likeness (QED) is 0.781. The molecular formula is C14H27NO. The second kappa shape index (κ2) is 6.27. The van der Waals surface area contributed by atoms with Gasteiger partial charge in [0.15, 0.2) is 0 Å². The smallest absolute Gasteiger partial charge is 0.220 e. The molecule has 0 aromatic rings. The molecule has 0 unspecified atom stereocenters. The van der Waals surface area contributed by atoms with Crippen LogP contribution in [0.4, 0.5) is 0 Å². The highest BCUT2D eigenvalue weighted by atomic mass is 16.1. The predicted octanol–water partition coefficient (Wildman–Crippen LogP) is 3.36. The van der Waals surface area contributed by atoms with Crippen LogP contribution < -0.4 is 5.32 Å². The number of amides is 1. The molecule has 1 aliphatic rings. The van der Waals surface area contributed by atoms with Crippen molar-refractivity contribution in [2.75, 3.05) is 0 Å². The van der Waals surface area contributed by atoms with Crippen LogP contribution in [0.3, 0.4) is 0 Å². The van der Waals surface area contributed by atoms with Crippen LogP contribution in [0.15, 0.2) is 0 Å². The monoisotopic (exact) mass is 225 g/mol. The van der Waals surface area contributed by atoms with Gasteiger partial charge in [0.05, 0.1) is 0 Å². The van der Waals surface area contributed by atoms with Crippen molar-refractivity contribution in [2.24, 2.45) is 17.8 Å². The van der Waals surface area contributed by atoms with Gasteiger partial charge in [-0.05, 0) is 30.6 Å². The van der Waals surface area contributed by atoms with E-state index in [0.29, 0.717) is 30.2 Å². The summed E-state index contributed by atoms with van der Waals surface area (Å²) in [7, 11) is 0. The van der Waals surface area contributed by atoms with Crippen molar-refractivity contribution in [2.45, 2.75) is 65.8 Å². The minimum atomic E-state index is 0.250. The fraction of sp³-hybridized carbons (Fsp3) is 0.929. The Bertz CT molecular complexity index is 225. The van der Waals surface area contributed by atoms with Crippen molar-refractivity contribution in [3.8, 4) is 0 Å². The van der Waals surface area contributed by atoms with Crippen LogP contribution >= 0.6 is 0 Å². The molecule has 0 radical (unpaired) electrons. The standard InChI is InChI=1S/C14H27NO/c1-10(2)12(4)9-14(16)15-13-8-6-5-7-11(13)3/h10-13H,5-9H2,1-4H3,(H,15,16)/t11-,12+,13-/m0/s1. The summed E-state index contributed by atoms with van der Waals surface area (Å²) in [6.45, 7) is 8.78. The molecule has 1 fully saturated rings. The van der Waals surface area contributed by atoms with Crippen molar-refractivity contribution in [3.63, 3.8) is 0 Å². The minimum absolute atomic E-state index is 0.250. The van der Waals surface area contributed by atoms with Crippen LogP contribution in [0.1, 0.15) is 59.8 Å². The summed E-state index contributed by atoms with van der Waals surface area (Å²) >= 11 is 0. The number of nitrogens with one attached hydrogen (secondary N) is 1. The Morgan fingerprint density at radius 1 is 1.25 bits per heavy atom. The molecule has 0 aromatic heterocycles. The first-order valence-corrected chi connectivity index (χ1v) is 6.80. The van der Waals surface area contributed by atoms with E-state index in [-0.39, 0.29) is 5.91 Å². The molecule has 2 nitrogen and oxygen atoms in total. The van der Waals surface area contributed by atoms with E-state index in [1.807, 2.05) is 0 Å². The SMILES string of the molecule is CC(C)[C@H](C)CC(=O)N[C@H]1CCCC[C@@H]1C. The molecule has 3 atom stereocenters. The Kier molecular flexibility index (Phi) is 5.30. The van der Waals surface area contributed by atoms with Gasteiger partial charge in [-0.25, -0.2) is 0 Å². The second-order valence-electron chi connectivity index (χ2n) is 5.86. The molecule has 16 heavy (non-hydrogen) atoms. The van der Waals surface area contributed by atoms with Crippen LogP contribution in [0.25, 0.3) is 0 Å². The first-order chi connectivity index (χ1) is 7.50. The normalized spacial score (nSPS) is 27.8. The highest BCUT2D eigenvalue weighted by Crippen LogP contribution is 2.24. The zero-order valence-electron chi connectivity index (χ0n) is 11.3. The van der Waals surface area contributed by atoms with E-state index in [4.69, 9.17) is 0 Å². The highest BCUT2D eigenvalue weighted by Gasteiger charge is 2.23. The van der Waals surface area contributed by atoms with Crippen LogP contribution in [0.5, 0.6) is 0 Å². The molecule has 1 saturated carbocycles. The number of carbonyl (C=O) groups is 1. The molecule has 0 saturated heterocycles. The third kappa shape index (κ3) is 4.15. The number of hydrogen-bond donors (Lipinski definition) is 1. The summed E-state index contributed by atoms with van der Waals surface area (Å²) in [6.07, 6.45) is 5.72. The van der Waals surface area contributed by atoms with E-state index in [1.54, 1.807) is 0 Å². The van der Waals surface area contributed by atoms with Crippen molar-refractivity contribution in [1.82, 2.24) is 5.32 Å². The van der Waals surface area contributed by atoms with Gasteiger partial charge in [0, 0.05) is 12.5 Å². The third-order valence-electron chi connectivity index (χ3n) is 4.10. The molecule has 2 heteroatoms.